The average molecular weight is 370 g/mol. The van der Waals surface area contributed by atoms with Crippen molar-refractivity contribution >= 4 is 51.9 Å². The molecule has 1 aliphatic heterocycles. The Morgan fingerprint density at radius 2 is 1.84 bits per heavy atom. The molecule has 2 N–H and O–H groups in total. The lowest BCUT2D eigenvalue weighted by Crippen LogP contribution is -2.36. The molecule has 25 heavy (non-hydrogen) atoms. The van der Waals surface area contributed by atoms with Gasteiger partial charge in [0.15, 0.2) is 0 Å². The number of hydrogen-bond donors (Lipinski definition) is 2. The van der Waals surface area contributed by atoms with Crippen molar-refractivity contribution in [1.82, 2.24) is 4.90 Å². The van der Waals surface area contributed by atoms with Gasteiger partial charge in [-0.3, -0.25) is 14.5 Å². The topological polar surface area (TPSA) is 69.6 Å². The monoisotopic (exact) mass is 370 g/mol. The van der Waals surface area contributed by atoms with Gasteiger partial charge in [-0.25, -0.2) is 0 Å². The molecule has 0 radical (unpaired) electrons. The van der Waals surface area contributed by atoms with Gasteiger partial charge in [0.2, 0.25) is 5.91 Å². The van der Waals surface area contributed by atoms with Gasteiger partial charge in [-0.2, -0.15) is 0 Å². The number of amides is 2. The number of para-hydroxylation sites is 2. The molecule has 0 aliphatic carbocycles. The molecule has 0 saturated carbocycles. The first-order valence-corrected chi connectivity index (χ1v) is 8.65. The number of phenols is 1. The molecule has 2 aromatic rings. The number of phenolic OH excluding ortho intramolecular Hbond substituents is 1. The molecule has 0 atom stereocenters. The van der Waals surface area contributed by atoms with Gasteiger partial charge in [0.25, 0.3) is 5.91 Å². The van der Waals surface area contributed by atoms with E-state index in [1.165, 1.54) is 4.90 Å². The molecule has 7 heteroatoms. The third-order valence-corrected chi connectivity index (χ3v) is 4.83. The molecule has 1 fully saturated rings. The lowest BCUT2D eigenvalue weighted by atomic mass is 10.2. The van der Waals surface area contributed by atoms with Gasteiger partial charge in [0.1, 0.15) is 16.6 Å². The van der Waals surface area contributed by atoms with Crippen LogP contribution in [0.15, 0.2) is 59.5 Å². The summed E-state index contributed by atoms with van der Waals surface area (Å²) in [6, 6.07) is 15.7. The highest BCUT2D eigenvalue weighted by molar-refractivity contribution is 8.26. The number of aromatic hydroxyl groups is 1. The standard InChI is InChI=1S/C18H14N2O3S2/c21-14-9-5-4-6-12(14)10-15-17(23)20(18(24)25-15)11-16(22)19-13-7-2-1-3-8-13/h1-10,21H,11H2,(H,19,22)/b15-10-. The number of anilines is 1. The van der Waals surface area contributed by atoms with Crippen molar-refractivity contribution in [2.45, 2.75) is 0 Å². The minimum absolute atomic E-state index is 0.0783. The van der Waals surface area contributed by atoms with Gasteiger partial charge in [0.05, 0.1) is 4.91 Å². The van der Waals surface area contributed by atoms with Crippen molar-refractivity contribution in [3.05, 3.63) is 65.1 Å². The number of rotatable bonds is 4. The summed E-state index contributed by atoms with van der Waals surface area (Å²) in [5.41, 5.74) is 1.18. The Balaban J connectivity index is 1.71. The van der Waals surface area contributed by atoms with Gasteiger partial charge in [-0.1, -0.05) is 60.4 Å². The van der Waals surface area contributed by atoms with Crippen LogP contribution in [0.25, 0.3) is 6.08 Å². The lowest BCUT2D eigenvalue weighted by molar-refractivity contribution is -0.126. The molecule has 1 heterocycles. The predicted molar refractivity (Wildman–Crippen MR) is 103 cm³/mol. The Labute approximate surface area is 154 Å². The fraction of sp³-hybridized carbons (Fsp3) is 0.0556. The maximum Gasteiger partial charge on any atom is 0.266 e. The number of thioether (sulfide) groups is 1. The van der Waals surface area contributed by atoms with Gasteiger partial charge in [-0.05, 0) is 24.3 Å². The van der Waals surface area contributed by atoms with Crippen LogP contribution in [0.5, 0.6) is 5.75 Å². The van der Waals surface area contributed by atoms with Crippen LogP contribution >= 0.6 is 24.0 Å². The molecule has 0 aromatic heterocycles. The number of carbonyl (C=O) groups is 2. The van der Waals surface area contributed by atoms with Crippen LogP contribution in [-0.2, 0) is 9.59 Å². The van der Waals surface area contributed by atoms with Crippen LogP contribution in [0.4, 0.5) is 5.69 Å². The van der Waals surface area contributed by atoms with Crippen LogP contribution < -0.4 is 5.32 Å². The highest BCUT2D eigenvalue weighted by Crippen LogP contribution is 2.33. The van der Waals surface area contributed by atoms with Gasteiger partial charge in [-0.15, -0.1) is 0 Å². The fourth-order valence-corrected chi connectivity index (χ4v) is 3.50. The van der Waals surface area contributed by atoms with Crippen molar-refractivity contribution in [3.63, 3.8) is 0 Å². The quantitative estimate of drug-likeness (QED) is 0.639. The first-order valence-electron chi connectivity index (χ1n) is 7.43. The SMILES string of the molecule is O=C(CN1C(=O)/C(=C/c2ccccc2O)SC1=S)Nc1ccccc1. The molecule has 0 bridgehead atoms. The summed E-state index contributed by atoms with van der Waals surface area (Å²) in [5, 5.41) is 12.5. The zero-order valence-corrected chi connectivity index (χ0v) is 14.6. The number of carbonyl (C=O) groups excluding carboxylic acids is 2. The molecule has 1 aliphatic rings. The second-order valence-corrected chi connectivity index (χ2v) is 6.92. The largest absolute Gasteiger partial charge is 0.507 e. The smallest absolute Gasteiger partial charge is 0.266 e. The Kier molecular flexibility index (Phi) is 5.16. The minimum Gasteiger partial charge on any atom is -0.507 e. The van der Waals surface area contributed by atoms with Gasteiger partial charge >= 0.3 is 0 Å². The summed E-state index contributed by atoms with van der Waals surface area (Å²) in [6.07, 6.45) is 1.57. The zero-order chi connectivity index (χ0) is 17.8. The summed E-state index contributed by atoms with van der Waals surface area (Å²) >= 11 is 6.32. The van der Waals surface area contributed by atoms with E-state index in [1.54, 1.807) is 42.5 Å². The molecule has 0 spiro atoms. The fourth-order valence-electron chi connectivity index (χ4n) is 2.25. The van der Waals surface area contributed by atoms with Crippen LogP contribution in [0.1, 0.15) is 5.56 Å². The summed E-state index contributed by atoms with van der Waals surface area (Å²) in [6.45, 7) is -0.155. The minimum atomic E-state index is -0.346. The van der Waals surface area contributed by atoms with E-state index < -0.39 is 0 Å². The molecule has 2 amide bonds. The Morgan fingerprint density at radius 1 is 1.16 bits per heavy atom. The van der Waals surface area contributed by atoms with Crippen LogP contribution in [-0.4, -0.2) is 32.7 Å². The molecular weight excluding hydrogens is 356 g/mol. The van der Waals surface area contributed by atoms with Crippen molar-refractivity contribution < 1.29 is 14.7 Å². The maximum absolute atomic E-state index is 12.5. The molecular formula is C18H14N2O3S2. The van der Waals surface area contributed by atoms with Crippen molar-refractivity contribution in [2.24, 2.45) is 0 Å². The number of nitrogens with zero attached hydrogens (tertiary/aromatic N) is 1. The maximum atomic E-state index is 12.5. The Bertz CT molecular complexity index is 866. The summed E-state index contributed by atoms with van der Waals surface area (Å²) < 4.78 is 0.315. The second-order valence-electron chi connectivity index (χ2n) is 5.24. The van der Waals surface area contributed by atoms with Crippen LogP contribution in [0.2, 0.25) is 0 Å². The highest BCUT2D eigenvalue weighted by atomic mass is 32.2. The number of thiocarbonyl (C=S) groups is 1. The highest BCUT2D eigenvalue weighted by Gasteiger charge is 2.33. The lowest BCUT2D eigenvalue weighted by Gasteiger charge is -2.14. The van der Waals surface area contributed by atoms with Gasteiger partial charge in [0, 0.05) is 11.3 Å². The van der Waals surface area contributed by atoms with Crippen molar-refractivity contribution in [2.75, 3.05) is 11.9 Å². The van der Waals surface area contributed by atoms with Gasteiger partial charge < -0.3 is 10.4 Å². The number of nitrogens with one attached hydrogen (secondary N) is 1. The predicted octanol–water partition coefficient (Wildman–Crippen LogP) is 3.23. The van der Waals surface area contributed by atoms with E-state index in [0.717, 1.165) is 11.8 Å². The third-order valence-electron chi connectivity index (χ3n) is 3.46. The first kappa shape index (κ1) is 17.2. The Morgan fingerprint density at radius 3 is 2.56 bits per heavy atom. The van der Waals surface area contributed by atoms with Crippen LogP contribution in [0, 0.1) is 0 Å². The van der Waals surface area contributed by atoms with E-state index in [2.05, 4.69) is 5.32 Å². The van der Waals surface area contributed by atoms with E-state index in [1.807, 2.05) is 18.2 Å². The zero-order valence-electron chi connectivity index (χ0n) is 13.0. The second kappa shape index (κ2) is 7.50. The first-order chi connectivity index (χ1) is 12.0. The average Bonchev–Trinajstić information content (AvgIpc) is 2.85. The summed E-state index contributed by atoms with van der Waals surface area (Å²) in [5.74, 6) is -0.595. The van der Waals surface area contributed by atoms with E-state index in [9.17, 15) is 14.7 Å². The molecule has 126 valence electrons. The summed E-state index contributed by atoms with van der Waals surface area (Å²) in [4.78, 5) is 26.3. The molecule has 3 rings (SSSR count). The normalized spacial score (nSPS) is 15.7. The third kappa shape index (κ3) is 4.07. The van der Waals surface area contributed by atoms with E-state index in [4.69, 9.17) is 12.2 Å². The van der Waals surface area contributed by atoms with Crippen LogP contribution in [0.3, 0.4) is 0 Å². The summed E-state index contributed by atoms with van der Waals surface area (Å²) in [7, 11) is 0. The van der Waals surface area contributed by atoms with E-state index >= 15 is 0 Å². The van der Waals surface area contributed by atoms with Crippen molar-refractivity contribution in [1.29, 1.82) is 0 Å². The van der Waals surface area contributed by atoms with E-state index in [0.29, 0.717) is 20.5 Å². The Hall–Kier alpha value is -2.64. The molecule has 1 saturated heterocycles. The number of hydrogen-bond acceptors (Lipinski definition) is 5. The van der Waals surface area contributed by atoms with Crippen molar-refractivity contribution in [3.8, 4) is 5.75 Å². The number of benzene rings is 2. The molecule has 5 nitrogen and oxygen atoms in total. The molecule has 0 unspecified atom stereocenters. The molecule has 2 aromatic carbocycles. The van der Waals surface area contributed by atoms with E-state index in [-0.39, 0.29) is 24.1 Å².